The lowest BCUT2D eigenvalue weighted by molar-refractivity contribution is -0.120. The Kier molecular flexibility index (Phi) is 5.45. The number of aryl methyl sites for hydroxylation is 1. The van der Waals surface area contributed by atoms with Crippen molar-refractivity contribution in [2.24, 2.45) is 5.92 Å². The summed E-state index contributed by atoms with van der Waals surface area (Å²) in [6.07, 6.45) is 5.38. The van der Waals surface area contributed by atoms with Crippen LogP contribution in [-0.2, 0) is 11.2 Å². The van der Waals surface area contributed by atoms with Crippen LogP contribution < -0.4 is 15.5 Å². The average Bonchev–Trinajstić information content (AvgIpc) is 2.62. The first kappa shape index (κ1) is 18.4. The van der Waals surface area contributed by atoms with Crippen molar-refractivity contribution in [2.75, 3.05) is 31.1 Å². The number of piperazine rings is 1. The number of nitrogens with one attached hydrogen (secondary N) is 2. The number of hydrogen-bond donors (Lipinski definition) is 2. The Morgan fingerprint density at radius 1 is 1.11 bits per heavy atom. The van der Waals surface area contributed by atoms with Crippen LogP contribution in [0.4, 0.5) is 10.5 Å². The van der Waals surface area contributed by atoms with Gasteiger partial charge in [0.1, 0.15) is 0 Å². The van der Waals surface area contributed by atoms with Gasteiger partial charge in [0.2, 0.25) is 5.91 Å². The molecular formula is C21H30N4O2. The molecule has 1 saturated carbocycles. The van der Waals surface area contributed by atoms with E-state index in [0.717, 1.165) is 37.2 Å². The number of rotatable bonds is 5. The van der Waals surface area contributed by atoms with Crippen LogP contribution in [0.25, 0.3) is 0 Å². The lowest BCUT2D eigenvalue weighted by atomic mass is 9.75. The van der Waals surface area contributed by atoms with E-state index in [2.05, 4.69) is 34.6 Å². The lowest BCUT2D eigenvalue weighted by Gasteiger charge is -2.47. The third kappa shape index (κ3) is 4.17. The van der Waals surface area contributed by atoms with E-state index in [-0.39, 0.29) is 11.9 Å². The minimum atomic E-state index is -0.318. The molecule has 1 aromatic carbocycles. The van der Waals surface area contributed by atoms with E-state index in [1.165, 1.54) is 31.4 Å². The Bertz CT molecular complexity index is 684. The summed E-state index contributed by atoms with van der Waals surface area (Å²) in [5.74, 6) is 0.650. The normalized spacial score (nSPS) is 29.4. The van der Waals surface area contributed by atoms with Crippen molar-refractivity contribution < 1.29 is 9.59 Å². The Morgan fingerprint density at radius 2 is 1.89 bits per heavy atom. The van der Waals surface area contributed by atoms with Crippen molar-refractivity contribution in [1.82, 2.24) is 15.5 Å². The standard InChI is InChI=1S/C21H30N4O2/c1-15-14-22-9-11-24(15)19-12-17(13-19)3-2-16-4-6-18(7-5-16)25-10-8-20(26)23-21(25)27/h4-7,15,17,19,22H,2-3,8-14H2,1H3,(H,23,26,27). The van der Waals surface area contributed by atoms with Gasteiger partial charge in [-0.25, -0.2) is 4.79 Å². The molecule has 1 aliphatic carbocycles. The lowest BCUT2D eigenvalue weighted by Crippen LogP contribution is -2.57. The Labute approximate surface area is 161 Å². The van der Waals surface area contributed by atoms with Gasteiger partial charge < -0.3 is 5.32 Å². The molecule has 6 heteroatoms. The zero-order valence-corrected chi connectivity index (χ0v) is 16.1. The summed E-state index contributed by atoms with van der Waals surface area (Å²) < 4.78 is 0. The minimum absolute atomic E-state index is 0.193. The van der Waals surface area contributed by atoms with E-state index in [4.69, 9.17) is 0 Å². The number of imide groups is 1. The number of benzene rings is 1. The van der Waals surface area contributed by atoms with Crippen LogP contribution in [0.3, 0.4) is 0 Å². The van der Waals surface area contributed by atoms with Gasteiger partial charge in [0.15, 0.2) is 0 Å². The van der Waals surface area contributed by atoms with Crippen LogP contribution in [-0.4, -0.2) is 55.1 Å². The van der Waals surface area contributed by atoms with Crippen molar-refractivity contribution in [3.63, 3.8) is 0 Å². The summed E-state index contributed by atoms with van der Waals surface area (Å²) in [6.45, 7) is 6.23. The van der Waals surface area contributed by atoms with Crippen LogP contribution in [0.15, 0.2) is 24.3 Å². The first-order chi connectivity index (χ1) is 13.1. The smallest absolute Gasteiger partial charge is 0.314 e. The average molecular weight is 370 g/mol. The number of nitrogens with zero attached hydrogens (tertiary/aromatic N) is 2. The molecule has 1 unspecified atom stereocenters. The topological polar surface area (TPSA) is 64.7 Å². The number of anilines is 1. The Hall–Kier alpha value is -1.92. The number of urea groups is 1. The SMILES string of the molecule is CC1CNCCN1C1CC(CCc2ccc(N3CCC(=O)NC3=O)cc2)C1. The first-order valence-corrected chi connectivity index (χ1v) is 10.3. The second-order valence-corrected chi connectivity index (χ2v) is 8.24. The van der Waals surface area contributed by atoms with Gasteiger partial charge in [-0.2, -0.15) is 0 Å². The van der Waals surface area contributed by atoms with Crippen molar-refractivity contribution >= 4 is 17.6 Å². The quantitative estimate of drug-likeness (QED) is 0.834. The maximum atomic E-state index is 11.9. The van der Waals surface area contributed by atoms with Crippen LogP contribution >= 0.6 is 0 Å². The maximum absolute atomic E-state index is 11.9. The van der Waals surface area contributed by atoms with E-state index in [0.29, 0.717) is 19.0 Å². The van der Waals surface area contributed by atoms with Gasteiger partial charge in [-0.05, 0) is 56.2 Å². The largest absolute Gasteiger partial charge is 0.328 e. The molecule has 1 atom stereocenters. The summed E-state index contributed by atoms with van der Waals surface area (Å²) in [7, 11) is 0. The molecule has 3 amide bonds. The molecular weight excluding hydrogens is 340 g/mol. The molecule has 1 aromatic rings. The molecule has 0 bridgehead atoms. The van der Waals surface area contributed by atoms with Gasteiger partial charge >= 0.3 is 6.03 Å². The summed E-state index contributed by atoms with van der Waals surface area (Å²) in [6, 6.07) is 9.37. The fourth-order valence-electron chi connectivity index (χ4n) is 4.63. The first-order valence-electron chi connectivity index (χ1n) is 10.3. The highest BCUT2D eigenvalue weighted by molar-refractivity contribution is 6.05. The zero-order valence-electron chi connectivity index (χ0n) is 16.1. The van der Waals surface area contributed by atoms with Gasteiger partial charge in [0.05, 0.1) is 0 Å². The third-order valence-corrected chi connectivity index (χ3v) is 6.38. The molecule has 27 heavy (non-hydrogen) atoms. The molecule has 6 nitrogen and oxygen atoms in total. The van der Waals surface area contributed by atoms with E-state index in [9.17, 15) is 9.59 Å². The fourth-order valence-corrected chi connectivity index (χ4v) is 4.63. The molecule has 3 aliphatic rings. The number of amides is 3. The van der Waals surface area contributed by atoms with E-state index >= 15 is 0 Å². The van der Waals surface area contributed by atoms with Crippen LogP contribution in [0.2, 0.25) is 0 Å². The number of hydrogen-bond acceptors (Lipinski definition) is 4. The Morgan fingerprint density at radius 3 is 2.59 bits per heavy atom. The van der Waals surface area contributed by atoms with E-state index < -0.39 is 0 Å². The molecule has 0 aromatic heterocycles. The predicted octanol–water partition coefficient (Wildman–Crippen LogP) is 2.14. The van der Waals surface area contributed by atoms with Crippen molar-refractivity contribution in [1.29, 1.82) is 0 Å². The molecule has 0 radical (unpaired) electrons. The molecule has 2 aliphatic heterocycles. The summed E-state index contributed by atoms with van der Waals surface area (Å²) in [5.41, 5.74) is 2.19. The van der Waals surface area contributed by atoms with Gasteiger partial charge in [0.25, 0.3) is 0 Å². The van der Waals surface area contributed by atoms with Crippen molar-refractivity contribution in [2.45, 2.75) is 51.1 Å². The molecule has 2 N–H and O–H groups in total. The van der Waals surface area contributed by atoms with E-state index in [1.54, 1.807) is 4.90 Å². The zero-order chi connectivity index (χ0) is 18.8. The van der Waals surface area contributed by atoms with Gasteiger partial charge in [-0.15, -0.1) is 0 Å². The molecule has 3 fully saturated rings. The third-order valence-electron chi connectivity index (χ3n) is 6.38. The van der Waals surface area contributed by atoms with Crippen molar-refractivity contribution in [3.05, 3.63) is 29.8 Å². The number of carbonyl (C=O) groups is 2. The highest BCUT2D eigenvalue weighted by Crippen LogP contribution is 2.36. The molecule has 2 saturated heterocycles. The summed E-state index contributed by atoms with van der Waals surface area (Å²) >= 11 is 0. The summed E-state index contributed by atoms with van der Waals surface area (Å²) in [4.78, 5) is 27.5. The Balaban J connectivity index is 1.23. The summed E-state index contributed by atoms with van der Waals surface area (Å²) in [5, 5.41) is 5.84. The van der Waals surface area contributed by atoms with Gasteiger partial charge in [0, 0.05) is 50.4 Å². The minimum Gasteiger partial charge on any atom is -0.314 e. The number of carbonyl (C=O) groups excluding carboxylic acids is 2. The maximum Gasteiger partial charge on any atom is 0.328 e. The van der Waals surface area contributed by atoms with Crippen LogP contribution in [0.1, 0.15) is 38.2 Å². The van der Waals surface area contributed by atoms with Gasteiger partial charge in [-0.3, -0.25) is 19.9 Å². The highest BCUT2D eigenvalue weighted by Gasteiger charge is 2.36. The van der Waals surface area contributed by atoms with E-state index in [1.807, 2.05) is 12.1 Å². The highest BCUT2D eigenvalue weighted by atomic mass is 16.2. The monoisotopic (exact) mass is 370 g/mol. The van der Waals surface area contributed by atoms with Crippen LogP contribution in [0, 0.1) is 5.92 Å². The van der Waals surface area contributed by atoms with Crippen molar-refractivity contribution in [3.8, 4) is 0 Å². The second kappa shape index (κ2) is 7.98. The molecule has 146 valence electrons. The molecule has 0 spiro atoms. The predicted molar refractivity (Wildman–Crippen MR) is 106 cm³/mol. The van der Waals surface area contributed by atoms with Crippen LogP contribution in [0.5, 0.6) is 0 Å². The second-order valence-electron chi connectivity index (χ2n) is 8.24. The molecule has 2 heterocycles. The molecule has 4 rings (SSSR count). The fraction of sp³-hybridized carbons (Fsp3) is 0.619. The van der Waals surface area contributed by atoms with Gasteiger partial charge in [-0.1, -0.05) is 12.1 Å².